The molecule has 1 saturated heterocycles. The second-order valence-electron chi connectivity index (χ2n) is 20.0. The van der Waals surface area contributed by atoms with Gasteiger partial charge in [-0.05, 0) is 96.5 Å². The van der Waals surface area contributed by atoms with E-state index in [4.69, 9.17) is 28.7 Å². The minimum Gasteiger partial charge on any atom is -0.391 e. The molecule has 0 aromatic heterocycles. The fourth-order valence-corrected chi connectivity index (χ4v) is 8.36. The monoisotopic (exact) mass is 1100 g/mol. The second-order valence-corrected chi connectivity index (χ2v) is 20.0. The molecule has 27 heteroatoms. The summed E-state index contributed by atoms with van der Waals surface area (Å²) in [4.78, 5) is 139. The van der Waals surface area contributed by atoms with Gasteiger partial charge in [0, 0.05) is 13.0 Å². The predicted octanol–water partition coefficient (Wildman–Crippen LogP) is -5.39. The molecule has 440 valence electrons. The van der Waals surface area contributed by atoms with Crippen LogP contribution in [0.15, 0.2) is 30.3 Å². The molecule has 1 aromatic carbocycles. The zero-order valence-corrected chi connectivity index (χ0v) is 45.8. The van der Waals surface area contributed by atoms with Gasteiger partial charge in [0.25, 0.3) is 0 Å². The first-order chi connectivity index (χ1) is 37.0. The van der Waals surface area contributed by atoms with Crippen molar-refractivity contribution in [2.75, 3.05) is 32.7 Å². The minimum atomic E-state index is -1.67. The van der Waals surface area contributed by atoms with Crippen LogP contribution in [0.3, 0.4) is 0 Å². The standard InChI is InChI=1S/C51H89N15O12/c1-6-7-8-12-15-32(56)42(69)65-41(30(5)68)51(78)62-35(18-23-54)44(71)61-37-20-25-57-50(77)40(29(4)67)66-47(74)36(19-24-55)59-43(70)33(16-21-52)60-48(75)38(26-28(2)3)63-49(76)39(27-31-13-10-9-11-14-31)64-45(72)34(17-22-53)58-46(37)73/h9-11,13-14,28-30,32-41,67-68H,6-8,12,15-27,52-56H2,1-5H3,(H,57,77)(H,58,73)(H,59,70)(H,60,75)(H,61,71)(H,62,78)(H,63,76)(H,64,72)(H,65,69)(H,66,74)/t29?,30?,32?,33-,34-,35-,36-,37-,38-,39+,40-,41-/m0/s1. The molecule has 78 heavy (non-hydrogen) atoms. The van der Waals surface area contributed by atoms with Crippen LogP contribution in [-0.4, -0.2) is 175 Å². The number of hydrogen-bond donors (Lipinski definition) is 17. The Hall–Kier alpha value is -6.36. The molecule has 1 heterocycles. The summed E-state index contributed by atoms with van der Waals surface area (Å²) in [5.41, 5.74) is 30.2. The highest BCUT2D eigenvalue weighted by molar-refractivity contribution is 5.99. The molecule has 10 amide bonds. The zero-order chi connectivity index (χ0) is 58.5. The first-order valence-corrected chi connectivity index (χ1v) is 27.0. The lowest BCUT2D eigenvalue weighted by molar-refractivity contribution is -0.136. The van der Waals surface area contributed by atoms with E-state index in [1.807, 2.05) is 6.92 Å². The van der Waals surface area contributed by atoms with Gasteiger partial charge in [0.2, 0.25) is 59.1 Å². The summed E-state index contributed by atoms with van der Waals surface area (Å²) < 4.78 is 0. The van der Waals surface area contributed by atoms with Crippen LogP contribution in [0.5, 0.6) is 0 Å². The molecule has 2 rings (SSSR count). The molecular formula is C51H89N15O12. The quantitative estimate of drug-likeness (QED) is 0.0407. The van der Waals surface area contributed by atoms with E-state index in [1.54, 1.807) is 44.2 Å². The Morgan fingerprint density at radius 3 is 1.63 bits per heavy atom. The minimum absolute atomic E-state index is 0.0575. The van der Waals surface area contributed by atoms with Crippen LogP contribution in [0.1, 0.15) is 111 Å². The Balaban J connectivity index is 2.71. The number of carbonyl (C=O) groups excluding carboxylic acids is 10. The van der Waals surface area contributed by atoms with Gasteiger partial charge in [-0.25, -0.2) is 0 Å². The van der Waals surface area contributed by atoms with Crippen molar-refractivity contribution in [3.63, 3.8) is 0 Å². The maximum absolute atomic E-state index is 14.4. The maximum atomic E-state index is 14.4. The Labute approximate surface area is 456 Å². The lowest BCUT2D eigenvalue weighted by Gasteiger charge is -2.28. The van der Waals surface area contributed by atoms with Crippen molar-refractivity contribution < 1.29 is 58.2 Å². The number of nitrogens with two attached hydrogens (primary N) is 5. The van der Waals surface area contributed by atoms with E-state index in [0.29, 0.717) is 18.4 Å². The SMILES string of the molecule is CCCCCCC(N)C(=O)N[C@H](C(=O)N[C@@H](CCN)C(=O)N[C@H]1CCNC(=O)[C@H](C(C)O)NC(=O)[C@H](CCN)NC(=O)[C@H](CCN)NC(=O)[C@H](CC(C)C)NC(=O)[C@@H](Cc2ccccc2)NC(=O)[C@H](CCN)NC1=O)C(C)O. The summed E-state index contributed by atoms with van der Waals surface area (Å²) in [5, 5.41) is 46.8. The van der Waals surface area contributed by atoms with Crippen molar-refractivity contribution in [2.24, 2.45) is 34.6 Å². The number of benzene rings is 1. The summed E-state index contributed by atoms with van der Waals surface area (Å²) in [6.07, 6.45) is -0.497. The number of carbonyl (C=O) groups is 10. The molecule has 3 unspecified atom stereocenters. The van der Waals surface area contributed by atoms with Gasteiger partial charge >= 0.3 is 0 Å². The van der Waals surface area contributed by atoms with E-state index in [9.17, 15) is 58.2 Å². The number of aliphatic hydroxyl groups is 2. The van der Waals surface area contributed by atoms with Gasteiger partial charge in [0.15, 0.2) is 0 Å². The Kier molecular flexibility index (Phi) is 31.2. The second kappa shape index (κ2) is 35.9. The van der Waals surface area contributed by atoms with E-state index in [2.05, 4.69) is 53.2 Å². The van der Waals surface area contributed by atoms with Crippen LogP contribution in [-0.2, 0) is 54.4 Å². The van der Waals surface area contributed by atoms with Gasteiger partial charge in [-0.15, -0.1) is 0 Å². The van der Waals surface area contributed by atoms with Crippen molar-refractivity contribution in [2.45, 2.75) is 184 Å². The van der Waals surface area contributed by atoms with Gasteiger partial charge < -0.3 is 92.0 Å². The van der Waals surface area contributed by atoms with Gasteiger partial charge in [-0.2, -0.15) is 0 Å². The van der Waals surface area contributed by atoms with Crippen molar-refractivity contribution in [1.29, 1.82) is 0 Å². The molecule has 1 fully saturated rings. The largest absolute Gasteiger partial charge is 0.391 e. The van der Waals surface area contributed by atoms with E-state index < -0.39 is 145 Å². The highest BCUT2D eigenvalue weighted by Gasteiger charge is 2.37. The average molecular weight is 1100 g/mol. The molecule has 1 aliphatic rings. The number of rotatable bonds is 25. The molecule has 0 bridgehead atoms. The van der Waals surface area contributed by atoms with Crippen LogP contribution < -0.4 is 81.8 Å². The Morgan fingerprint density at radius 1 is 0.603 bits per heavy atom. The van der Waals surface area contributed by atoms with E-state index in [0.717, 1.165) is 19.3 Å². The number of aliphatic hydroxyl groups excluding tert-OH is 2. The maximum Gasteiger partial charge on any atom is 0.245 e. The van der Waals surface area contributed by atoms with Crippen LogP contribution in [0.25, 0.3) is 0 Å². The van der Waals surface area contributed by atoms with Crippen LogP contribution >= 0.6 is 0 Å². The summed E-state index contributed by atoms with van der Waals surface area (Å²) in [6, 6.07) is -5.66. The van der Waals surface area contributed by atoms with Crippen molar-refractivity contribution in [1.82, 2.24) is 53.2 Å². The van der Waals surface area contributed by atoms with Crippen LogP contribution in [0.2, 0.25) is 0 Å². The normalized spacial score (nSPS) is 23.6. The number of amides is 10. The van der Waals surface area contributed by atoms with Crippen LogP contribution in [0.4, 0.5) is 0 Å². The third kappa shape index (κ3) is 23.7. The molecule has 12 atom stereocenters. The molecule has 22 N–H and O–H groups in total. The van der Waals surface area contributed by atoms with Crippen LogP contribution in [0, 0.1) is 5.92 Å². The fourth-order valence-electron chi connectivity index (χ4n) is 8.36. The molecule has 0 spiro atoms. The number of hydrogen-bond acceptors (Lipinski definition) is 17. The van der Waals surface area contributed by atoms with Crippen molar-refractivity contribution in [3.8, 4) is 0 Å². The van der Waals surface area contributed by atoms with E-state index in [1.165, 1.54) is 13.8 Å². The fraction of sp³-hybridized carbons (Fsp3) is 0.686. The molecule has 0 aliphatic carbocycles. The van der Waals surface area contributed by atoms with Crippen molar-refractivity contribution in [3.05, 3.63) is 35.9 Å². The van der Waals surface area contributed by atoms with Crippen molar-refractivity contribution >= 4 is 59.1 Å². The lowest BCUT2D eigenvalue weighted by atomic mass is 10.00. The molecule has 27 nitrogen and oxygen atoms in total. The Morgan fingerprint density at radius 2 is 1.12 bits per heavy atom. The highest BCUT2D eigenvalue weighted by Crippen LogP contribution is 2.12. The van der Waals surface area contributed by atoms with Gasteiger partial charge in [0.05, 0.1) is 18.2 Å². The summed E-state index contributed by atoms with van der Waals surface area (Å²) >= 11 is 0. The smallest absolute Gasteiger partial charge is 0.245 e. The van der Waals surface area contributed by atoms with Gasteiger partial charge in [-0.1, -0.05) is 76.8 Å². The van der Waals surface area contributed by atoms with E-state index in [-0.39, 0.29) is 70.6 Å². The summed E-state index contributed by atoms with van der Waals surface area (Å²) in [5.74, 6) is -9.15. The number of nitrogens with one attached hydrogen (secondary N) is 10. The lowest BCUT2D eigenvalue weighted by Crippen LogP contribution is -2.61. The molecule has 0 saturated carbocycles. The number of unbranched alkanes of at least 4 members (excludes halogenated alkanes) is 3. The zero-order valence-electron chi connectivity index (χ0n) is 45.8. The molecule has 1 aromatic rings. The first kappa shape index (κ1) is 67.7. The molecular weight excluding hydrogens is 1010 g/mol. The topological polar surface area (TPSA) is 462 Å². The average Bonchev–Trinajstić information content (AvgIpc) is 3.38. The molecule has 1 aliphatic heterocycles. The Bertz CT molecular complexity index is 2100. The third-order valence-corrected chi connectivity index (χ3v) is 12.8. The summed E-state index contributed by atoms with van der Waals surface area (Å²) in [6.45, 7) is 7.03. The summed E-state index contributed by atoms with van der Waals surface area (Å²) in [7, 11) is 0. The third-order valence-electron chi connectivity index (χ3n) is 12.8. The van der Waals surface area contributed by atoms with Gasteiger partial charge in [-0.3, -0.25) is 47.9 Å². The van der Waals surface area contributed by atoms with Gasteiger partial charge in [0.1, 0.15) is 54.4 Å². The highest BCUT2D eigenvalue weighted by atomic mass is 16.3. The molecule has 0 radical (unpaired) electrons. The van der Waals surface area contributed by atoms with E-state index >= 15 is 0 Å². The predicted molar refractivity (Wildman–Crippen MR) is 289 cm³/mol. The first-order valence-electron chi connectivity index (χ1n) is 27.0.